The maximum Gasteiger partial charge on any atom is 0.227 e. The molecule has 14 heavy (non-hydrogen) atoms. The van der Waals surface area contributed by atoms with Crippen molar-refractivity contribution in [3.63, 3.8) is 0 Å². The van der Waals surface area contributed by atoms with Crippen molar-refractivity contribution in [2.45, 2.75) is 19.3 Å². The van der Waals surface area contributed by atoms with Crippen molar-refractivity contribution in [2.75, 3.05) is 0 Å². The van der Waals surface area contributed by atoms with Gasteiger partial charge in [0.2, 0.25) is 11.8 Å². The molecule has 1 rings (SSSR count). The highest BCUT2D eigenvalue weighted by molar-refractivity contribution is 9.10. The minimum absolute atomic E-state index is 0.169. The highest BCUT2D eigenvalue weighted by atomic mass is 79.9. The monoisotopic (exact) mass is 258 g/mol. The Kier molecular flexibility index (Phi) is 2.80. The van der Waals surface area contributed by atoms with Gasteiger partial charge in [-0.2, -0.15) is 0 Å². The average molecular weight is 259 g/mol. The van der Waals surface area contributed by atoms with Crippen molar-refractivity contribution >= 4 is 21.8 Å². The molecule has 1 aromatic heterocycles. The number of aromatic hydroxyl groups is 1. The molecular weight excluding hydrogens is 248 g/mol. The molecule has 1 heterocycles. The zero-order chi connectivity index (χ0) is 10.9. The molecule has 0 saturated carbocycles. The summed E-state index contributed by atoms with van der Waals surface area (Å²) >= 11 is 3.21. The minimum atomic E-state index is -0.930. The quantitative estimate of drug-likeness (QED) is 0.840. The van der Waals surface area contributed by atoms with E-state index in [2.05, 4.69) is 20.9 Å². The topological polar surface area (TPSA) is 76.2 Å². The van der Waals surface area contributed by atoms with Gasteiger partial charge in [0.05, 0.1) is 5.41 Å². The van der Waals surface area contributed by atoms with Crippen molar-refractivity contribution < 1.29 is 9.90 Å². The molecule has 0 atom stereocenters. The number of halogens is 1. The van der Waals surface area contributed by atoms with E-state index in [1.54, 1.807) is 19.9 Å². The molecule has 1 aromatic rings. The van der Waals surface area contributed by atoms with Crippen molar-refractivity contribution in [2.24, 2.45) is 5.73 Å². The number of aromatic nitrogens is 1. The van der Waals surface area contributed by atoms with Crippen molar-refractivity contribution in [1.82, 2.24) is 4.98 Å². The summed E-state index contributed by atoms with van der Waals surface area (Å²) in [4.78, 5) is 14.9. The van der Waals surface area contributed by atoms with Crippen LogP contribution in [0, 0.1) is 0 Å². The number of primary amides is 1. The number of rotatable bonds is 2. The molecule has 0 radical (unpaired) electrons. The molecule has 0 aliphatic rings. The molecule has 0 unspecified atom stereocenters. The van der Waals surface area contributed by atoms with Gasteiger partial charge in [0.25, 0.3) is 0 Å². The third-order valence-corrected chi connectivity index (χ3v) is 2.56. The molecule has 0 aliphatic carbocycles. The molecule has 5 heteroatoms. The molecule has 76 valence electrons. The van der Waals surface area contributed by atoms with Crippen LogP contribution in [0.4, 0.5) is 0 Å². The lowest BCUT2D eigenvalue weighted by Crippen LogP contribution is -2.35. The van der Waals surface area contributed by atoms with Crippen LogP contribution < -0.4 is 5.73 Å². The number of nitrogens with zero attached hydrogens (tertiary/aromatic N) is 1. The van der Waals surface area contributed by atoms with Crippen LogP contribution in [0.15, 0.2) is 16.7 Å². The van der Waals surface area contributed by atoms with Gasteiger partial charge in [-0.1, -0.05) is 0 Å². The SMILES string of the molecule is CC(C)(C(N)=O)c1cc(Br)cnc1O. The summed E-state index contributed by atoms with van der Waals surface area (Å²) in [7, 11) is 0. The second-order valence-electron chi connectivity index (χ2n) is 3.51. The standard InChI is InChI=1S/C9H11BrN2O2/c1-9(2,8(11)14)6-3-5(10)4-12-7(6)13/h3-4H,1-2H3,(H2,11,14)(H,12,13). The Hall–Kier alpha value is -1.10. The Morgan fingerprint density at radius 2 is 2.21 bits per heavy atom. The predicted octanol–water partition coefficient (Wildman–Crippen LogP) is 1.31. The van der Waals surface area contributed by atoms with Crippen LogP contribution in [0.1, 0.15) is 19.4 Å². The first kappa shape index (κ1) is 11.0. The average Bonchev–Trinajstić information content (AvgIpc) is 2.08. The van der Waals surface area contributed by atoms with Crippen LogP contribution >= 0.6 is 15.9 Å². The van der Waals surface area contributed by atoms with E-state index >= 15 is 0 Å². The van der Waals surface area contributed by atoms with Gasteiger partial charge in [0.1, 0.15) is 0 Å². The first-order chi connectivity index (χ1) is 6.35. The van der Waals surface area contributed by atoms with Gasteiger partial charge in [-0.05, 0) is 35.8 Å². The van der Waals surface area contributed by atoms with E-state index in [1.807, 2.05) is 0 Å². The Balaban J connectivity index is 3.31. The van der Waals surface area contributed by atoms with E-state index in [4.69, 9.17) is 5.73 Å². The minimum Gasteiger partial charge on any atom is -0.493 e. The van der Waals surface area contributed by atoms with Gasteiger partial charge in [-0.15, -0.1) is 0 Å². The number of nitrogens with two attached hydrogens (primary N) is 1. The van der Waals surface area contributed by atoms with E-state index in [-0.39, 0.29) is 5.88 Å². The molecule has 0 fully saturated rings. The molecule has 0 spiro atoms. The fourth-order valence-corrected chi connectivity index (χ4v) is 1.36. The van der Waals surface area contributed by atoms with Crippen molar-refractivity contribution in [3.05, 3.63) is 22.3 Å². The van der Waals surface area contributed by atoms with Crippen LogP contribution in [0.2, 0.25) is 0 Å². The summed E-state index contributed by atoms with van der Waals surface area (Å²) < 4.78 is 0.694. The summed E-state index contributed by atoms with van der Waals surface area (Å²) in [5.41, 5.74) is 4.71. The van der Waals surface area contributed by atoms with E-state index < -0.39 is 11.3 Å². The number of carbonyl (C=O) groups is 1. The van der Waals surface area contributed by atoms with Gasteiger partial charge < -0.3 is 10.8 Å². The van der Waals surface area contributed by atoms with Gasteiger partial charge in [0.15, 0.2) is 0 Å². The van der Waals surface area contributed by atoms with Gasteiger partial charge in [0, 0.05) is 16.2 Å². The van der Waals surface area contributed by atoms with E-state index in [9.17, 15) is 9.90 Å². The van der Waals surface area contributed by atoms with Crippen LogP contribution in [0.25, 0.3) is 0 Å². The second kappa shape index (κ2) is 3.57. The van der Waals surface area contributed by atoms with Crippen LogP contribution in [0.5, 0.6) is 5.88 Å². The zero-order valence-electron chi connectivity index (χ0n) is 7.91. The highest BCUT2D eigenvalue weighted by Gasteiger charge is 2.30. The lowest BCUT2D eigenvalue weighted by molar-refractivity contribution is -0.122. The van der Waals surface area contributed by atoms with Gasteiger partial charge in [-0.3, -0.25) is 4.79 Å². The van der Waals surface area contributed by atoms with Crippen LogP contribution in [-0.4, -0.2) is 16.0 Å². The third kappa shape index (κ3) is 1.87. The predicted molar refractivity (Wildman–Crippen MR) is 55.8 cm³/mol. The summed E-state index contributed by atoms with van der Waals surface area (Å²) in [5, 5.41) is 9.48. The highest BCUT2D eigenvalue weighted by Crippen LogP contribution is 2.30. The van der Waals surface area contributed by atoms with E-state index in [0.717, 1.165) is 0 Å². The maximum atomic E-state index is 11.2. The molecule has 0 saturated heterocycles. The maximum absolute atomic E-state index is 11.2. The van der Waals surface area contributed by atoms with E-state index in [0.29, 0.717) is 10.0 Å². The van der Waals surface area contributed by atoms with Crippen LogP contribution in [0.3, 0.4) is 0 Å². The largest absolute Gasteiger partial charge is 0.493 e. The molecule has 3 N–H and O–H groups in total. The lowest BCUT2D eigenvalue weighted by atomic mass is 9.84. The Morgan fingerprint density at radius 1 is 1.64 bits per heavy atom. The molecular formula is C9H11BrN2O2. The molecule has 1 amide bonds. The fourth-order valence-electron chi connectivity index (χ4n) is 1.02. The first-order valence-electron chi connectivity index (χ1n) is 4.00. The normalized spacial score (nSPS) is 11.4. The number of carbonyl (C=O) groups excluding carboxylic acids is 1. The van der Waals surface area contributed by atoms with Crippen LogP contribution in [-0.2, 0) is 10.2 Å². The Morgan fingerprint density at radius 3 is 2.71 bits per heavy atom. The summed E-state index contributed by atoms with van der Waals surface area (Å²) in [5.74, 6) is -0.676. The number of pyridine rings is 1. The lowest BCUT2D eigenvalue weighted by Gasteiger charge is -2.21. The smallest absolute Gasteiger partial charge is 0.227 e. The first-order valence-corrected chi connectivity index (χ1v) is 4.80. The molecule has 4 nitrogen and oxygen atoms in total. The molecule has 0 bridgehead atoms. The molecule has 0 aliphatic heterocycles. The van der Waals surface area contributed by atoms with Crippen molar-refractivity contribution in [1.29, 1.82) is 0 Å². The third-order valence-electron chi connectivity index (χ3n) is 2.12. The van der Waals surface area contributed by atoms with Gasteiger partial charge >= 0.3 is 0 Å². The zero-order valence-corrected chi connectivity index (χ0v) is 9.50. The Labute approximate surface area is 90.3 Å². The number of hydrogen-bond donors (Lipinski definition) is 2. The van der Waals surface area contributed by atoms with Gasteiger partial charge in [-0.25, -0.2) is 4.98 Å². The van der Waals surface area contributed by atoms with E-state index in [1.165, 1.54) is 6.20 Å². The van der Waals surface area contributed by atoms with Crippen molar-refractivity contribution in [3.8, 4) is 5.88 Å². The molecule has 0 aromatic carbocycles. The second-order valence-corrected chi connectivity index (χ2v) is 4.43. The summed E-state index contributed by atoms with van der Waals surface area (Å²) in [6, 6.07) is 1.63. The fraction of sp³-hybridized carbons (Fsp3) is 0.333. The summed E-state index contributed by atoms with van der Waals surface area (Å²) in [6.45, 7) is 3.27. The number of hydrogen-bond acceptors (Lipinski definition) is 3. The Bertz CT molecular complexity index is 377. The number of amides is 1. The summed E-state index contributed by atoms with van der Waals surface area (Å²) in [6.07, 6.45) is 1.45.